The highest BCUT2D eigenvalue weighted by Crippen LogP contribution is 2.38. The van der Waals surface area contributed by atoms with Gasteiger partial charge in [0.1, 0.15) is 5.82 Å². The van der Waals surface area contributed by atoms with Crippen molar-refractivity contribution in [3.05, 3.63) is 64.8 Å². The van der Waals surface area contributed by atoms with E-state index in [0.29, 0.717) is 24.5 Å². The second-order valence-corrected chi connectivity index (χ2v) is 9.65. The van der Waals surface area contributed by atoms with Crippen molar-refractivity contribution in [2.75, 3.05) is 13.1 Å². The number of alkyl halides is 3. The first-order valence-electron chi connectivity index (χ1n) is 9.52. The van der Waals surface area contributed by atoms with E-state index in [1.807, 2.05) is 0 Å². The molecular weight excluding hydrogens is 474 g/mol. The zero-order valence-corrected chi connectivity index (χ0v) is 17.9. The predicted octanol–water partition coefficient (Wildman–Crippen LogP) is 5.12. The van der Waals surface area contributed by atoms with Crippen LogP contribution in [-0.4, -0.2) is 36.0 Å². The monoisotopic (exact) mass is 489 g/mol. The summed E-state index contributed by atoms with van der Waals surface area (Å²) in [6, 6.07) is 8.13. The van der Waals surface area contributed by atoms with Gasteiger partial charge in [-0.05, 0) is 43.2 Å². The summed E-state index contributed by atoms with van der Waals surface area (Å²) in [5, 5.41) is 3.60. The van der Waals surface area contributed by atoms with Crippen molar-refractivity contribution >= 4 is 21.6 Å². The van der Waals surface area contributed by atoms with E-state index in [1.165, 1.54) is 18.2 Å². The second kappa shape index (κ2) is 8.45. The summed E-state index contributed by atoms with van der Waals surface area (Å²) in [5.74, 6) is -0.727. The van der Waals surface area contributed by atoms with E-state index in [4.69, 9.17) is 16.1 Å². The first-order chi connectivity index (χ1) is 15.1. The lowest BCUT2D eigenvalue weighted by molar-refractivity contribution is -0.139. The van der Waals surface area contributed by atoms with Gasteiger partial charge in [-0.15, -0.1) is 0 Å². The highest BCUT2D eigenvalue weighted by molar-refractivity contribution is 7.89. The minimum absolute atomic E-state index is 0.0453. The summed E-state index contributed by atoms with van der Waals surface area (Å²) < 4.78 is 86.2. The molecule has 1 aliphatic heterocycles. The summed E-state index contributed by atoms with van der Waals surface area (Å²) in [6.45, 7) is -0.0866. The van der Waals surface area contributed by atoms with E-state index in [9.17, 15) is 26.0 Å². The molecule has 2 heterocycles. The van der Waals surface area contributed by atoms with E-state index in [0.717, 1.165) is 16.4 Å². The normalized spacial score (nSPS) is 18.1. The number of rotatable bonds is 4. The van der Waals surface area contributed by atoms with Crippen LogP contribution in [-0.2, 0) is 16.2 Å². The van der Waals surface area contributed by atoms with Crippen LogP contribution in [0.1, 0.15) is 30.2 Å². The first-order valence-corrected chi connectivity index (χ1v) is 11.3. The Hall–Kier alpha value is -2.50. The van der Waals surface area contributed by atoms with Gasteiger partial charge in [-0.2, -0.15) is 22.5 Å². The average Bonchev–Trinajstić information content (AvgIpc) is 3.23. The molecule has 1 aliphatic rings. The van der Waals surface area contributed by atoms with E-state index in [-0.39, 0.29) is 29.8 Å². The van der Waals surface area contributed by atoms with Crippen LogP contribution in [0.4, 0.5) is 17.6 Å². The van der Waals surface area contributed by atoms with Crippen molar-refractivity contribution < 1.29 is 30.5 Å². The molecule has 0 spiro atoms. The Kier molecular flexibility index (Phi) is 5.99. The number of hydrogen-bond acceptors (Lipinski definition) is 5. The molecule has 0 bridgehead atoms. The van der Waals surface area contributed by atoms with Gasteiger partial charge in [-0.1, -0.05) is 28.9 Å². The van der Waals surface area contributed by atoms with Crippen molar-refractivity contribution in [1.29, 1.82) is 0 Å². The Morgan fingerprint density at radius 1 is 1.16 bits per heavy atom. The SMILES string of the molecule is O=S(=O)(c1ccc(Cl)cc1C(F)(F)F)N1CCCC(c2nc(-c3cccc(F)c3)no2)C1. The van der Waals surface area contributed by atoms with E-state index < -0.39 is 38.4 Å². The molecule has 1 unspecified atom stereocenters. The van der Waals surface area contributed by atoms with E-state index >= 15 is 0 Å². The van der Waals surface area contributed by atoms with Crippen molar-refractivity contribution in [2.24, 2.45) is 0 Å². The van der Waals surface area contributed by atoms with Crippen LogP contribution in [0, 0.1) is 5.82 Å². The summed E-state index contributed by atoms with van der Waals surface area (Å²) in [4.78, 5) is 3.38. The Labute approximate surface area is 185 Å². The zero-order valence-electron chi connectivity index (χ0n) is 16.3. The Morgan fingerprint density at radius 3 is 2.66 bits per heavy atom. The fourth-order valence-electron chi connectivity index (χ4n) is 3.60. The molecule has 0 saturated carbocycles. The molecule has 1 aromatic heterocycles. The molecule has 1 atom stereocenters. The summed E-state index contributed by atoms with van der Waals surface area (Å²) in [7, 11) is -4.47. The summed E-state index contributed by atoms with van der Waals surface area (Å²) in [5.41, 5.74) is -0.936. The molecule has 6 nitrogen and oxygen atoms in total. The van der Waals surface area contributed by atoms with Gasteiger partial charge in [0.15, 0.2) is 0 Å². The molecule has 170 valence electrons. The van der Waals surface area contributed by atoms with Gasteiger partial charge in [0.05, 0.1) is 16.4 Å². The molecule has 32 heavy (non-hydrogen) atoms. The van der Waals surface area contributed by atoms with Gasteiger partial charge >= 0.3 is 6.18 Å². The highest BCUT2D eigenvalue weighted by atomic mass is 35.5. The van der Waals surface area contributed by atoms with Crippen LogP contribution in [0.2, 0.25) is 5.02 Å². The Balaban J connectivity index is 1.61. The quantitative estimate of drug-likeness (QED) is 0.476. The Morgan fingerprint density at radius 2 is 1.94 bits per heavy atom. The maximum absolute atomic E-state index is 13.5. The molecule has 0 aliphatic carbocycles. The van der Waals surface area contributed by atoms with Crippen molar-refractivity contribution in [3.63, 3.8) is 0 Å². The average molecular weight is 490 g/mol. The van der Waals surface area contributed by atoms with Crippen LogP contribution < -0.4 is 0 Å². The lowest BCUT2D eigenvalue weighted by Crippen LogP contribution is -2.39. The van der Waals surface area contributed by atoms with Crippen LogP contribution in [0.25, 0.3) is 11.4 Å². The maximum Gasteiger partial charge on any atom is 0.417 e. The zero-order chi connectivity index (χ0) is 23.1. The van der Waals surface area contributed by atoms with Crippen LogP contribution in [0.15, 0.2) is 51.9 Å². The summed E-state index contributed by atoms with van der Waals surface area (Å²) in [6.07, 6.45) is -4.01. The van der Waals surface area contributed by atoms with Gasteiger partial charge < -0.3 is 4.52 Å². The smallest absolute Gasteiger partial charge is 0.339 e. The molecule has 12 heteroatoms. The molecule has 2 aromatic carbocycles. The number of benzene rings is 2. The largest absolute Gasteiger partial charge is 0.417 e. The van der Waals surface area contributed by atoms with Crippen molar-refractivity contribution in [2.45, 2.75) is 29.8 Å². The molecule has 0 N–H and O–H groups in total. The number of nitrogens with zero attached hydrogens (tertiary/aromatic N) is 3. The predicted molar refractivity (Wildman–Crippen MR) is 107 cm³/mol. The van der Waals surface area contributed by atoms with Crippen molar-refractivity contribution in [1.82, 2.24) is 14.4 Å². The topological polar surface area (TPSA) is 76.3 Å². The maximum atomic E-state index is 13.5. The molecule has 0 amide bonds. The lowest BCUT2D eigenvalue weighted by Gasteiger charge is -2.30. The molecule has 1 fully saturated rings. The number of aromatic nitrogens is 2. The van der Waals surface area contributed by atoms with Gasteiger partial charge in [0, 0.05) is 23.7 Å². The number of hydrogen-bond donors (Lipinski definition) is 0. The Bertz CT molecular complexity index is 1250. The first kappa shape index (κ1) is 22.7. The number of piperidine rings is 1. The second-order valence-electron chi connectivity index (χ2n) is 7.31. The van der Waals surface area contributed by atoms with Gasteiger partial charge in [0.25, 0.3) is 0 Å². The van der Waals surface area contributed by atoms with Crippen LogP contribution in [0.3, 0.4) is 0 Å². The molecule has 0 radical (unpaired) electrons. The minimum Gasteiger partial charge on any atom is -0.339 e. The lowest BCUT2D eigenvalue weighted by atomic mass is 10.00. The molecule has 3 aromatic rings. The van der Waals surface area contributed by atoms with E-state index in [1.54, 1.807) is 6.07 Å². The van der Waals surface area contributed by atoms with E-state index in [2.05, 4.69) is 10.1 Å². The fourth-order valence-corrected chi connectivity index (χ4v) is 5.48. The van der Waals surface area contributed by atoms with Crippen LogP contribution >= 0.6 is 11.6 Å². The van der Waals surface area contributed by atoms with Gasteiger partial charge in [0.2, 0.25) is 21.7 Å². The fraction of sp³-hybridized carbons (Fsp3) is 0.300. The third-order valence-corrected chi connectivity index (χ3v) is 7.28. The molecule has 4 rings (SSSR count). The number of halogens is 5. The third kappa shape index (κ3) is 4.50. The minimum atomic E-state index is -4.89. The highest BCUT2D eigenvalue weighted by Gasteiger charge is 2.41. The van der Waals surface area contributed by atoms with Gasteiger partial charge in [-0.3, -0.25) is 0 Å². The summed E-state index contributed by atoms with van der Waals surface area (Å²) >= 11 is 5.67. The molecular formula is C20H16ClF4N3O3S. The third-order valence-electron chi connectivity index (χ3n) is 5.12. The molecule has 1 saturated heterocycles. The van der Waals surface area contributed by atoms with Crippen LogP contribution in [0.5, 0.6) is 0 Å². The number of sulfonamides is 1. The standard InChI is InChI=1S/C20H16ClF4N3O3S/c21-14-6-7-17(16(10-14)20(23,24)25)32(29,30)28-8-2-4-13(11-28)19-26-18(27-31-19)12-3-1-5-15(22)9-12/h1,3,5-7,9-10,13H,2,4,8,11H2. The van der Waals surface area contributed by atoms with Gasteiger partial charge in [-0.25, -0.2) is 12.8 Å². The van der Waals surface area contributed by atoms with Crippen molar-refractivity contribution in [3.8, 4) is 11.4 Å².